The van der Waals surface area contributed by atoms with Crippen molar-refractivity contribution in [2.75, 3.05) is 0 Å². The molecule has 0 aromatic carbocycles. The number of nitrogens with zero attached hydrogens (tertiary/aromatic N) is 4. The highest BCUT2D eigenvalue weighted by molar-refractivity contribution is 5.34. The molecule has 0 unspecified atom stereocenters. The molecule has 4 heteroatoms. The van der Waals surface area contributed by atoms with Gasteiger partial charge in [-0.1, -0.05) is 27.7 Å². The van der Waals surface area contributed by atoms with Crippen LogP contribution in [-0.2, 0) is 0 Å². The molecular weight excluding hydrogens is 188 g/mol. The topological polar surface area (TPSA) is 43.1 Å². The molecule has 2 heterocycles. The molecule has 2 aromatic heterocycles. The molecular formula is C11H16N4. The van der Waals surface area contributed by atoms with E-state index in [0.29, 0.717) is 11.8 Å². The third-order valence-corrected chi connectivity index (χ3v) is 2.37. The zero-order valence-corrected chi connectivity index (χ0v) is 9.60. The summed E-state index contributed by atoms with van der Waals surface area (Å²) in [5.74, 6) is 1.64. The molecule has 0 atom stereocenters. The van der Waals surface area contributed by atoms with E-state index in [-0.39, 0.29) is 0 Å². The molecule has 0 spiro atoms. The number of aromatic nitrogens is 4. The molecule has 0 radical (unpaired) electrons. The minimum absolute atomic E-state index is 0.354. The van der Waals surface area contributed by atoms with Crippen molar-refractivity contribution >= 4 is 5.65 Å². The van der Waals surface area contributed by atoms with Crippen LogP contribution < -0.4 is 0 Å². The van der Waals surface area contributed by atoms with Crippen LogP contribution in [0.3, 0.4) is 0 Å². The molecule has 80 valence electrons. The van der Waals surface area contributed by atoms with Crippen molar-refractivity contribution in [1.29, 1.82) is 0 Å². The minimum Gasteiger partial charge on any atom is -0.255 e. The highest BCUT2D eigenvalue weighted by atomic mass is 15.3. The Hall–Kier alpha value is -1.45. The molecule has 0 aliphatic rings. The first-order valence-corrected chi connectivity index (χ1v) is 5.30. The molecule has 15 heavy (non-hydrogen) atoms. The summed E-state index contributed by atoms with van der Waals surface area (Å²) < 4.78 is 1.82. The van der Waals surface area contributed by atoms with Crippen molar-refractivity contribution in [3.8, 4) is 0 Å². The molecule has 0 saturated carbocycles. The van der Waals surface area contributed by atoms with E-state index in [1.165, 1.54) is 0 Å². The lowest BCUT2D eigenvalue weighted by Gasteiger charge is -2.02. The molecule has 0 fully saturated rings. The third kappa shape index (κ3) is 1.84. The summed E-state index contributed by atoms with van der Waals surface area (Å²) in [4.78, 5) is 8.76. The molecule has 0 aliphatic carbocycles. The monoisotopic (exact) mass is 204 g/mol. The zero-order valence-electron chi connectivity index (χ0n) is 9.60. The van der Waals surface area contributed by atoms with Gasteiger partial charge in [-0.3, -0.25) is 4.98 Å². The SMILES string of the molecule is CC(C)c1cn2nc(C(C)C)nc2cn1. The fourth-order valence-electron chi connectivity index (χ4n) is 1.37. The quantitative estimate of drug-likeness (QED) is 0.754. The van der Waals surface area contributed by atoms with Crippen LogP contribution in [-0.4, -0.2) is 19.6 Å². The van der Waals surface area contributed by atoms with Gasteiger partial charge in [0.05, 0.1) is 18.1 Å². The number of hydrogen-bond acceptors (Lipinski definition) is 3. The van der Waals surface area contributed by atoms with E-state index >= 15 is 0 Å². The Kier molecular flexibility index (Phi) is 2.42. The molecule has 0 amide bonds. The number of hydrogen-bond donors (Lipinski definition) is 0. The second kappa shape index (κ2) is 3.61. The van der Waals surface area contributed by atoms with Crippen LogP contribution >= 0.6 is 0 Å². The largest absolute Gasteiger partial charge is 0.255 e. The molecule has 0 saturated heterocycles. The Bertz CT molecular complexity index is 464. The van der Waals surface area contributed by atoms with Crippen LogP contribution in [0, 0.1) is 0 Å². The summed E-state index contributed by atoms with van der Waals surface area (Å²) in [7, 11) is 0. The number of fused-ring (bicyclic) bond motifs is 1. The van der Waals surface area contributed by atoms with Crippen molar-refractivity contribution in [3.05, 3.63) is 23.9 Å². The van der Waals surface area contributed by atoms with Crippen molar-refractivity contribution in [2.24, 2.45) is 0 Å². The van der Waals surface area contributed by atoms with Gasteiger partial charge in [-0.05, 0) is 5.92 Å². The van der Waals surface area contributed by atoms with Gasteiger partial charge in [-0.15, -0.1) is 0 Å². The van der Waals surface area contributed by atoms with Gasteiger partial charge in [0.1, 0.15) is 0 Å². The first-order valence-electron chi connectivity index (χ1n) is 5.30. The van der Waals surface area contributed by atoms with Crippen molar-refractivity contribution in [3.63, 3.8) is 0 Å². The Balaban J connectivity index is 2.52. The molecule has 2 rings (SSSR count). The average molecular weight is 204 g/mol. The van der Waals surface area contributed by atoms with Crippen LogP contribution in [0.25, 0.3) is 5.65 Å². The van der Waals surface area contributed by atoms with Gasteiger partial charge in [0.2, 0.25) is 0 Å². The van der Waals surface area contributed by atoms with Gasteiger partial charge in [-0.25, -0.2) is 9.50 Å². The number of rotatable bonds is 2. The van der Waals surface area contributed by atoms with Crippen molar-refractivity contribution in [2.45, 2.75) is 39.5 Å². The maximum atomic E-state index is 4.42. The van der Waals surface area contributed by atoms with Crippen LogP contribution in [0.1, 0.15) is 51.0 Å². The van der Waals surface area contributed by atoms with Crippen LogP contribution in [0.5, 0.6) is 0 Å². The van der Waals surface area contributed by atoms with Crippen LogP contribution in [0.15, 0.2) is 12.4 Å². The van der Waals surface area contributed by atoms with E-state index in [0.717, 1.165) is 17.2 Å². The van der Waals surface area contributed by atoms with Gasteiger partial charge in [0.25, 0.3) is 0 Å². The fourth-order valence-corrected chi connectivity index (χ4v) is 1.37. The summed E-state index contributed by atoms with van der Waals surface area (Å²) in [6.45, 7) is 8.42. The van der Waals surface area contributed by atoms with Crippen LogP contribution in [0.2, 0.25) is 0 Å². The van der Waals surface area contributed by atoms with E-state index < -0.39 is 0 Å². The molecule has 0 bridgehead atoms. The van der Waals surface area contributed by atoms with E-state index in [2.05, 4.69) is 42.8 Å². The highest BCUT2D eigenvalue weighted by Gasteiger charge is 2.09. The van der Waals surface area contributed by atoms with Gasteiger partial charge in [0, 0.05) is 5.92 Å². The lowest BCUT2D eigenvalue weighted by atomic mass is 10.1. The molecule has 0 N–H and O–H groups in total. The van der Waals surface area contributed by atoms with Gasteiger partial charge >= 0.3 is 0 Å². The lowest BCUT2D eigenvalue weighted by Crippen LogP contribution is -1.97. The van der Waals surface area contributed by atoms with E-state index in [1.807, 2.05) is 10.7 Å². The summed E-state index contributed by atoms with van der Waals surface area (Å²) in [6, 6.07) is 0. The average Bonchev–Trinajstić information content (AvgIpc) is 2.59. The summed E-state index contributed by atoms with van der Waals surface area (Å²) in [5.41, 5.74) is 1.87. The maximum Gasteiger partial charge on any atom is 0.173 e. The molecule has 0 aliphatic heterocycles. The van der Waals surface area contributed by atoms with Crippen molar-refractivity contribution in [1.82, 2.24) is 19.6 Å². The normalized spacial score (nSPS) is 11.9. The third-order valence-electron chi connectivity index (χ3n) is 2.37. The maximum absolute atomic E-state index is 4.42. The summed E-state index contributed by atoms with van der Waals surface area (Å²) in [6.07, 6.45) is 3.74. The predicted molar refractivity (Wildman–Crippen MR) is 59.0 cm³/mol. The van der Waals surface area contributed by atoms with E-state index in [4.69, 9.17) is 0 Å². The zero-order chi connectivity index (χ0) is 11.0. The highest BCUT2D eigenvalue weighted by Crippen LogP contribution is 2.14. The second-order valence-corrected chi connectivity index (χ2v) is 4.39. The Morgan fingerprint density at radius 2 is 1.87 bits per heavy atom. The second-order valence-electron chi connectivity index (χ2n) is 4.39. The van der Waals surface area contributed by atoms with Crippen molar-refractivity contribution < 1.29 is 0 Å². The smallest absolute Gasteiger partial charge is 0.173 e. The van der Waals surface area contributed by atoms with Gasteiger partial charge < -0.3 is 0 Å². The Labute approximate surface area is 89.4 Å². The molecule has 2 aromatic rings. The predicted octanol–water partition coefficient (Wildman–Crippen LogP) is 2.37. The van der Waals surface area contributed by atoms with E-state index in [9.17, 15) is 0 Å². The minimum atomic E-state index is 0.354. The Morgan fingerprint density at radius 3 is 2.47 bits per heavy atom. The first-order chi connectivity index (χ1) is 7.08. The van der Waals surface area contributed by atoms with Crippen LogP contribution in [0.4, 0.5) is 0 Å². The van der Waals surface area contributed by atoms with Gasteiger partial charge in [0.15, 0.2) is 11.5 Å². The Morgan fingerprint density at radius 1 is 1.13 bits per heavy atom. The first kappa shape index (κ1) is 10.1. The standard InChI is InChI=1S/C11H16N4/c1-7(2)9-6-15-10(5-12-9)13-11(14-15)8(3)4/h5-8H,1-4H3. The van der Waals surface area contributed by atoms with E-state index in [1.54, 1.807) is 6.20 Å². The fraction of sp³-hybridized carbons (Fsp3) is 0.545. The molecule has 4 nitrogen and oxygen atoms in total. The summed E-state index contributed by atoms with van der Waals surface area (Å²) >= 11 is 0. The van der Waals surface area contributed by atoms with Gasteiger partial charge in [-0.2, -0.15) is 5.10 Å². The lowest BCUT2D eigenvalue weighted by molar-refractivity contribution is 0.752. The summed E-state index contributed by atoms with van der Waals surface area (Å²) in [5, 5.41) is 4.42.